The first kappa shape index (κ1) is 7.22. The predicted molar refractivity (Wildman–Crippen MR) is 39.5 cm³/mol. The van der Waals surface area contributed by atoms with Gasteiger partial charge in [-0.1, -0.05) is 13.0 Å². The Balaban J connectivity index is 2.75. The van der Waals surface area contributed by atoms with Gasteiger partial charge in [-0.3, -0.25) is 4.98 Å². The summed E-state index contributed by atoms with van der Waals surface area (Å²) in [4.78, 5) is 4.00. The van der Waals surface area contributed by atoms with Crippen molar-refractivity contribution in [2.24, 2.45) is 0 Å². The number of rotatable bonds is 2. The Labute approximate surface area is 60.5 Å². The van der Waals surface area contributed by atoms with E-state index in [4.69, 9.17) is 0 Å². The smallest absolute Gasteiger partial charge is 0.0957 e. The number of aliphatic hydroxyl groups excluding tert-OH is 1. The number of hydrogen-bond acceptors (Lipinski definition) is 2. The monoisotopic (exact) mass is 137 g/mol. The second-order valence-corrected chi connectivity index (χ2v) is 2.18. The first-order valence-electron chi connectivity index (χ1n) is 3.43. The van der Waals surface area contributed by atoms with Crippen LogP contribution in [0.15, 0.2) is 24.4 Å². The molecule has 0 aliphatic heterocycles. The molecular formula is C8H11NO. The molecule has 0 aromatic carbocycles. The van der Waals surface area contributed by atoms with Crippen LogP contribution in [0.4, 0.5) is 0 Å². The number of hydrogen-bond donors (Lipinski definition) is 1. The van der Waals surface area contributed by atoms with E-state index >= 15 is 0 Å². The number of aromatic nitrogens is 1. The Bertz CT molecular complexity index is 186. The van der Waals surface area contributed by atoms with Gasteiger partial charge >= 0.3 is 0 Å². The summed E-state index contributed by atoms with van der Waals surface area (Å²) in [6, 6.07) is 5.54. The van der Waals surface area contributed by atoms with Crippen LogP contribution in [0.5, 0.6) is 0 Å². The third-order valence-corrected chi connectivity index (χ3v) is 1.42. The van der Waals surface area contributed by atoms with Crippen LogP contribution in [-0.4, -0.2) is 10.1 Å². The molecule has 0 saturated heterocycles. The average molecular weight is 137 g/mol. The fourth-order valence-electron chi connectivity index (χ4n) is 0.782. The molecule has 0 aliphatic rings. The molecule has 0 fully saturated rings. The molecule has 1 aromatic heterocycles. The van der Waals surface area contributed by atoms with Crippen LogP contribution in [0.1, 0.15) is 25.1 Å². The van der Waals surface area contributed by atoms with Crippen LogP contribution in [0.25, 0.3) is 0 Å². The zero-order valence-corrected chi connectivity index (χ0v) is 5.99. The second-order valence-electron chi connectivity index (χ2n) is 2.18. The van der Waals surface area contributed by atoms with Crippen molar-refractivity contribution in [2.45, 2.75) is 19.4 Å². The summed E-state index contributed by atoms with van der Waals surface area (Å²) >= 11 is 0. The predicted octanol–water partition coefficient (Wildman–Crippen LogP) is 1.52. The van der Waals surface area contributed by atoms with Crippen molar-refractivity contribution in [1.82, 2.24) is 4.98 Å². The minimum Gasteiger partial charge on any atom is -0.387 e. The molecule has 1 aromatic rings. The van der Waals surface area contributed by atoms with E-state index in [0.717, 1.165) is 12.1 Å². The van der Waals surface area contributed by atoms with Crippen molar-refractivity contribution < 1.29 is 5.11 Å². The Hall–Kier alpha value is -0.890. The third kappa shape index (κ3) is 1.54. The Morgan fingerprint density at radius 2 is 2.40 bits per heavy atom. The summed E-state index contributed by atoms with van der Waals surface area (Å²) in [6.07, 6.45) is 2.01. The fraction of sp³-hybridized carbons (Fsp3) is 0.375. The van der Waals surface area contributed by atoms with Crippen LogP contribution in [0.2, 0.25) is 0 Å². The van der Waals surface area contributed by atoms with Crippen molar-refractivity contribution >= 4 is 0 Å². The van der Waals surface area contributed by atoms with E-state index in [1.165, 1.54) is 0 Å². The molecule has 0 saturated carbocycles. The molecule has 0 amide bonds. The van der Waals surface area contributed by atoms with Crippen LogP contribution in [0.3, 0.4) is 0 Å². The Morgan fingerprint density at radius 1 is 1.60 bits per heavy atom. The summed E-state index contributed by atoms with van der Waals surface area (Å²) in [5.41, 5.74) is 0.755. The highest BCUT2D eigenvalue weighted by atomic mass is 16.3. The van der Waals surface area contributed by atoms with Gasteiger partial charge in [0.1, 0.15) is 0 Å². The van der Waals surface area contributed by atoms with E-state index in [1.54, 1.807) is 6.20 Å². The van der Waals surface area contributed by atoms with Crippen molar-refractivity contribution in [3.63, 3.8) is 0 Å². The molecule has 2 nitrogen and oxygen atoms in total. The maximum Gasteiger partial charge on any atom is 0.0957 e. The number of aliphatic hydroxyl groups is 1. The van der Waals surface area contributed by atoms with Crippen LogP contribution >= 0.6 is 0 Å². The van der Waals surface area contributed by atoms with Gasteiger partial charge in [-0.05, 0) is 18.6 Å². The first-order valence-corrected chi connectivity index (χ1v) is 3.43. The Kier molecular flexibility index (Phi) is 2.40. The van der Waals surface area contributed by atoms with Gasteiger partial charge in [0.25, 0.3) is 0 Å². The van der Waals surface area contributed by atoms with E-state index in [-0.39, 0.29) is 0 Å². The summed E-state index contributed by atoms with van der Waals surface area (Å²) in [7, 11) is 0. The highest BCUT2D eigenvalue weighted by molar-refractivity contribution is 5.05. The standard InChI is InChI=1S/C8H11NO/c1-2-8(10)7-5-3-4-6-9-7/h3-6,8,10H,2H2,1H3/t8-/m1/s1. The molecule has 1 rings (SSSR count). The van der Waals surface area contributed by atoms with Gasteiger partial charge in [-0.25, -0.2) is 0 Å². The number of nitrogens with zero attached hydrogens (tertiary/aromatic N) is 1. The van der Waals surface area contributed by atoms with Gasteiger partial charge in [0.15, 0.2) is 0 Å². The molecule has 0 unspecified atom stereocenters. The summed E-state index contributed by atoms with van der Waals surface area (Å²) in [6.45, 7) is 1.93. The highest BCUT2D eigenvalue weighted by Crippen LogP contribution is 2.11. The van der Waals surface area contributed by atoms with E-state index in [2.05, 4.69) is 4.98 Å². The lowest BCUT2D eigenvalue weighted by Crippen LogP contribution is -1.96. The van der Waals surface area contributed by atoms with Gasteiger partial charge in [-0.15, -0.1) is 0 Å². The molecule has 54 valence electrons. The normalized spacial score (nSPS) is 13.0. The van der Waals surface area contributed by atoms with Crippen molar-refractivity contribution in [3.8, 4) is 0 Å². The van der Waals surface area contributed by atoms with Gasteiger partial charge in [-0.2, -0.15) is 0 Å². The summed E-state index contributed by atoms with van der Waals surface area (Å²) in [5, 5.41) is 9.27. The maximum absolute atomic E-state index is 9.27. The maximum atomic E-state index is 9.27. The molecule has 0 spiro atoms. The summed E-state index contributed by atoms with van der Waals surface area (Å²) < 4.78 is 0. The molecule has 1 atom stereocenters. The minimum absolute atomic E-state index is 0.402. The molecule has 0 bridgehead atoms. The lowest BCUT2D eigenvalue weighted by Gasteiger charge is -2.04. The van der Waals surface area contributed by atoms with Crippen LogP contribution in [0, 0.1) is 0 Å². The van der Waals surface area contributed by atoms with E-state index in [9.17, 15) is 5.11 Å². The Morgan fingerprint density at radius 3 is 2.90 bits per heavy atom. The molecule has 10 heavy (non-hydrogen) atoms. The molecule has 0 radical (unpaired) electrons. The van der Waals surface area contributed by atoms with Gasteiger partial charge in [0.2, 0.25) is 0 Å². The van der Waals surface area contributed by atoms with E-state index in [0.29, 0.717) is 0 Å². The fourth-order valence-corrected chi connectivity index (χ4v) is 0.782. The average Bonchev–Trinajstić information content (AvgIpc) is 2.05. The van der Waals surface area contributed by atoms with E-state index in [1.807, 2.05) is 25.1 Å². The molecular weight excluding hydrogens is 126 g/mol. The van der Waals surface area contributed by atoms with Crippen LogP contribution in [-0.2, 0) is 0 Å². The second kappa shape index (κ2) is 3.32. The highest BCUT2D eigenvalue weighted by Gasteiger charge is 2.02. The third-order valence-electron chi connectivity index (χ3n) is 1.42. The van der Waals surface area contributed by atoms with Crippen molar-refractivity contribution in [2.75, 3.05) is 0 Å². The van der Waals surface area contributed by atoms with Crippen molar-refractivity contribution in [3.05, 3.63) is 30.1 Å². The minimum atomic E-state index is -0.402. The van der Waals surface area contributed by atoms with Gasteiger partial charge in [0, 0.05) is 6.20 Å². The molecule has 1 heterocycles. The van der Waals surface area contributed by atoms with Crippen molar-refractivity contribution in [1.29, 1.82) is 0 Å². The molecule has 1 N–H and O–H groups in total. The molecule has 0 aliphatic carbocycles. The lowest BCUT2D eigenvalue weighted by molar-refractivity contribution is 0.169. The molecule has 2 heteroatoms. The quantitative estimate of drug-likeness (QED) is 0.670. The largest absolute Gasteiger partial charge is 0.387 e. The van der Waals surface area contributed by atoms with Gasteiger partial charge in [0.05, 0.1) is 11.8 Å². The SMILES string of the molecule is CC[C@@H](O)c1ccccn1. The van der Waals surface area contributed by atoms with Gasteiger partial charge < -0.3 is 5.11 Å². The first-order chi connectivity index (χ1) is 4.84. The zero-order chi connectivity index (χ0) is 7.40. The topological polar surface area (TPSA) is 33.1 Å². The lowest BCUT2D eigenvalue weighted by atomic mass is 10.2. The van der Waals surface area contributed by atoms with Crippen LogP contribution < -0.4 is 0 Å². The summed E-state index contributed by atoms with van der Waals surface area (Å²) in [5.74, 6) is 0. The number of pyridine rings is 1. The van der Waals surface area contributed by atoms with E-state index < -0.39 is 6.10 Å². The zero-order valence-electron chi connectivity index (χ0n) is 5.99.